The van der Waals surface area contributed by atoms with Gasteiger partial charge in [-0.1, -0.05) is 13.8 Å². The van der Waals surface area contributed by atoms with Gasteiger partial charge in [-0.05, 0) is 0 Å². The van der Waals surface area contributed by atoms with Crippen molar-refractivity contribution < 1.29 is 38.0 Å². The van der Waals surface area contributed by atoms with Crippen LogP contribution in [0.1, 0.15) is 27.7 Å². The number of hydrogen-bond acceptors (Lipinski definition) is 8. The predicted octanol–water partition coefficient (Wildman–Crippen LogP) is 0.620. The van der Waals surface area contributed by atoms with Gasteiger partial charge in [-0.15, -0.1) is 0 Å². The quantitative estimate of drug-likeness (QED) is 0.692. The van der Waals surface area contributed by atoms with E-state index in [0.29, 0.717) is 0 Å². The van der Waals surface area contributed by atoms with Crippen LogP contribution in [0.25, 0.3) is 0 Å². The van der Waals surface area contributed by atoms with Gasteiger partial charge in [0.1, 0.15) is 31.7 Å². The minimum Gasteiger partial charge on any atom is -0.463 e. The van der Waals surface area contributed by atoms with Crippen molar-refractivity contribution in [2.24, 2.45) is 5.41 Å². The summed E-state index contributed by atoms with van der Waals surface area (Å²) in [6, 6.07) is 0. The zero-order valence-electron chi connectivity index (χ0n) is 14.1. The minimum atomic E-state index is -0.823. The Balaban J connectivity index is 2.21. The molecule has 2 rings (SSSR count). The van der Waals surface area contributed by atoms with Crippen LogP contribution in [0.15, 0.2) is 0 Å². The molecule has 2 aliphatic heterocycles. The second-order valence-corrected chi connectivity index (χ2v) is 6.28. The lowest BCUT2D eigenvalue weighted by molar-refractivity contribution is -0.362. The van der Waals surface area contributed by atoms with Crippen molar-refractivity contribution in [3.63, 3.8) is 0 Å². The second kappa shape index (κ2) is 7.12. The fraction of sp³-hybridized carbons (Fsp3) is 0.867. The molecular formula is C15H24O8. The molecule has 0 bridgehead atoms. The molecule has 0 N–H and O–H groups in total. The molecule has 23 heavy (non-hydrogen) atoms. The van der Waals surface area contributed by atoms with Crippen LogP contribution >= 0.6 is 0 Å². The van der Waals surface area contributed by atoms with Crippen molar-refractivity contribution >= 4 is 11.9 Å². The van der Waals surface area contributed by atoms with E-state index in [4.69, 9.17) is 28.4 Å². The van der Waals surface area contributed by atoms with Crippen molar-refractivity contribution in [1.29, 1.82) is 0 Å². The lowest BCUT2D eigenvalue weighted by Gasteiger charge is -2.52. The van der Waals surface area contributed by atoms with Crippen LogP contribution in [0, 0.1) is 5.41 Å². The molecule has 0 unspecified atom stereocenters. The Hall–Kier alpha value is -1.22. The third-order valence-electron chi connectivity index (χ3n) is 4.13. The van der Waals surface area contributed by atoms with Gasteiger partial charge in [0.2, 0.25) is 6.29 Å². The van der Waals surface area contributed by atoms with Gasteiger partial charge in [0.25, 0.3) is 0 Å². The first-order chi connectivity index (χ1) is 10.8. The van der Waals surface area contributed by atoms with Gasteiger partial charge in [0.05, 0.1) is 11.5 Å². The molecule has 0 spiro atoms. The number of hydrogen-bond donors (Lipinski definition) is 0. The molecule has 0 amide bonds. The number of esters is 2. The van der Waals surface area contributed by atoms with Crippen LogP contribution in [-0.4, -0.2) is 63.2 Å². The van der Waals surface area contributed by atoms with Crippen molar-refractivity contribution in [1.82, 2.24) is 0 Å². The zero-order chi connectivity index (χ0) is 17.2. The lowest BCUT2D eigenvalue weighted by atomic mass is 9.77. The van der Waals surface area contributed by atoms with Crippen LogP contribution in [0.3, 0.4) is 0 Å². The number of fused-ring (bicyclic) bond motifs is 1. The van der Waals surface area contributed by atoms with Gasteiger partial charge in [-0.3, -0.25) is 9.59 Å². The number of ether oxygens (including phenoxy) is 6. The Kier molecular flexibility index (Phi) is 5.61. The molecule has 0 aromatic rings. The number of carbonyl (C=O) groups is 2. The Morgan fingerprint density at radius 1 is 1.13 bits per heavy atom. The van der Waals surface area contributed by atoms with Crippen molar-refractivity contribution in [3.8, 4) is 0 Å². The van der Waals surface area contributed by atoms with Gasteiger partial charge in [0.15, 0.2) is 0 Å². The van der Waals surface area contributed by atoms with Crippen LogP contribution in [-0.2, 0) is 38.0 Å². The van der Waals surface area contributed by atoms with E-state index in [1.165, 1.54) is 13.8 Å². The standard InChI is InChI=1S/C15H24O8/c1-8(16)19-6-10-11-12(21-7-20-10)13(18-5)15(3,4)14(23-11)22-9(2)17/h10-14H,6-7H2,1-5H3/t10-,11+,12-,13+,14-/m0/s1. The summed E-state index contributed by atoms with van der Waals surface area (Å²) in [6.07, 6.45) is -2.73. The van der Waals surface area contributed by atoms with E-state index in [0.717, 1.165) is 0 Å². The molecule has 8 heteroatoms. The van der Waals surface area contributed by atoms with Crippen molar-refractivity contribution in [2.75, 3.05) is 20.5 Å². The maximum atomic E-state index is 11.4. The highest BCUT2D eigenvalue weighted by molar-refractivity contribution is 5.66. The maximum absolute atomic E-state index is 11.4. The smallest absolute Gasteiger partial charge is 0.304 e. The van der Waals surface area contributed by atoms with Gasteiger partial charge in [0, 0.05) is 21.0 Å². The monoisotopic (exact) mass is 332 g/mol. The molecule has 0 aromatic carbocycles. The molecular weight excluding hydrogens is 308 g/mol. The molecule has 0 aromatic heterocycles. The van der Waals surface area contributed by atoms with Crippen LogP contribution < -0.4 is 0 Å². The highest BCUT2D eigenvalue weighted by atomic mass is 16.8. The molecule has 2 aliphatic rings. The summed E-state index contributed by atoms with van der Waals surface area (Å²) in [5, 5.41) is 0. The average molecular weight is 332 g/mol. The summed E-state index contributed by atoms with van der Waals surface area (Å²) in [7, 11) is 1.57. The number of carbonyl (C=O) groups excluding carboxylic acids is 2. The zero-order valence-corrected chi connectivity index (χ0v) is 14.1. The fourth-order valence-electron chi connectivity index (χ4n) is 3.02. The Morgan fingerprint density at radius 3 is 2.39 bits per heavy atom. The average Bonchev–Trinajstić information content (AvgIpc) is 2.45. The first-order valence-electron chi connectivity index (χ1n) is 7.49. The molecule has 0 aliphatic carbocycles. The molecule has 2 saturated heterocycles. The van der Waals surface area contributed by atoms with E-state index in [9.17, 15) is 9.59 Å². The van der Waals surface area contributed by atoms with E-state index in [1.54, 1.807) is 7.11 Å². The van der Waals surface area contributed by atoms with Gasteiger partial charge >= 0.3 is 11.9 Å². The summed E-state index contributed by atoms with van der Waals surface area (Å²) < 4.78 is 33.0. The SMILES string of the molecule is CO[C@@H]1[C@H]2OCO[C@@H](COC(C)=O)[C@H]2O[C@H](OC(C)=O)C1(C)C. The molecule has 0 saturated carbocycles. The van der Waals surface area contributed by atoms with E-state index in [-0.39, 0.29) is 19.5 Å². The molecule has 8 nitrogen and oxygen atoms in total. The second-order valence-electron chi connectivity index (χ2n) is 6.28. The van der Waals surface area contributed by atoms with E-state index in [1.807, 2.05) is 13.8 Å². The molecule has 2 heterocycles. The van der Waals surface area contributed by atoms with Crippen molar-refractivity contribution in [3.05, 3.63) is 0 Å². The summed E-state index contributed by atoms with van der Waals surface area (Å²) >= 11 is 0. The highest BCUT2D eigenvalue weighted by Crippen LogP contribution is 2.42. The fourth-order valence-corrected chi connectivity index (χ4v) is 3.02. The number of methoxy groups -OCH3 is 1. The maximum Gasteiger partial charge on any atom is 0.304 e. The van der Waals surface area contributed by atoms with Gasteiger partial charge in [-0.25, -0.2) is 0 Å². The number of rotatable bonds is 4. The Morgan fingerprint density at radius 2 is 1.83 bits per heavy atom. The summed E-state index contributed by atoms with van der Waals surface area (Å²) in [5.41, 5.74) is -0.620. The van der Waals surface area contributed by atoms with E-state index < -0.39 is 42.0 Å². The summed E-state index contributed by atoms with van der Waals surface area (Å²) in [4.78, 5) is 22.4. The van der Waals surface area contributed by atoms with E-state index >= 15 is 0 Å². The first-order valence-corrected chi connectivity index (χ1v) is 7.49. The van der Waals surface area contributed by atoms with Gasteiger partial charge < -0.3 is 28.4 Å². The van der Waals surface area contributed by atoms with E-state index in [2.05, 4.69) is 0 Å². The molecule has 5 atom stereocenters. The van der Waals surface area contributed by atoms with Gasteiger partial charge in [-0.2, -0.15) is 0 Å². The topological polar surface area (TPSA) is 89.5 Å². The van der Waals surface area contributed by atoms with Crippen LogP contribution in [0.4, 0.5) is 0 Å². The predicted molar refractivity (Wildman–Crippen MR) is 76.3 cm³/mol. The third kappa shape index (κ3) is 3.82. The lowest BCUT2D eigenvalue weighted by Crippen LogP contribution is -2.66. The van der Waals surface area contributed by atoms with Crippen LogP contribution in [0.2, 0.25) is 0 Å². The van der Waals surface area contributed by atoms with Crippen molar-refractivity contribution in [2.45, 2.75) is 58.4 Å². The molecule has 0 radical (unpaired) electrons. The molecule has 132 valence electrons. The minimum absolute atomic E-state index is 0.0313. The highest BCUT2D eigenvalue weighted by Gasteiger charge is 2.57. The Bertz CT molecular complexity index is 449. The molecule has 2 fully saturated rings. The van der Waals surface area contributed by atoms with Crippen LogP contribution in [0.5, 0.6) is 0 Å². The summed E-state index contributed by atoms with van der Waals surface area (Å²) in [5.74, 6) is -0.863. The first kappa shape index (κ1) is 18.1. The summed E-state index contributed by atoms with van der Waals surface area (Å²) in [6.45, 7) is 6.47. The third-order valence-corrected chi connectivity index (χ3v) is 4.13. The Labute approximate surface area is 135 Å². The normalized spacial score (nSPS) is 36.0. The largest absolute Gasteiger partial charge is 0.463 e.